The fourth-order valence-electron chi connectivity index (χ4n) is 2.14. The molecule has 0 amide bonds. The Morgan fingerprint density at radius 3 is 2.83 bits per heavy atom. The minimum Gasteiger partial charge on any atom is -0.466 e. The predicted molar refractivity (Wildman–Crippen MR) is 71.5 cm³/mol. The lowest BCUT2D eigenvalue weighted by Gasteiger charge is -2.26. The van der Waals surface area contributed by atoms with E-state index in [0.717, 1.165) is 31.7 Å². The second kappa shape index (κ2) is 8.27. The van der Waals surface area contributed by atoms with E-state index in [1.807, 2.05) is 13.0 Å². The van der Waals surface area contributed by atoms with Gasteiger partial charge in [-0.1, -0.05) is 13.0 Å². The number of rotatable bonds is 6. The molecule has 0 saturated carbocycles. The number of carbonyl (C=O) groups excluding carboxylic acids is 1. The molecule has 0 aliphatic carbocycles. The third-order valence-corrected chi connectivity index (χ3v) is 3.27. The molecule has 1 fully saturated rings. The Kier molecular flexibility index (Phi) is 6.98. The zero-order valence-electron chi connectivity index (χ0n) is 11.8. The third kappa shape index (κ3) is 5.19. The Hall–Kier alpha value is -0.870. The lowest BCUT2D eigenvalue weighted by molar-refractivity contribution is -0.136. The maximum Gasteiger partial charge on any atom is 0.333 e. The average molecular weight is 255 g/mol. The SMILES string of the molecule is CCC(=CCN(C)CC1CCCCO1)C(=O)OC. The molecular weight excluding hydrogens is 230 g/mol. The van der Waals surface area contributed by atoms with Crippen LogP contribution in [0.3, 0.4) is 0 Å². The van der Waals surface area contributed by atoms with Crippen molar-refractivity contribution in [3.63, 3.8) is 0 Å². The van der Waals surface area contributed by atoms with E-state index in [0.29, 0.717) is 12.5 Å². The summed E-state index contributed by atoms with van der Waals surface area (Å²) < 4.78 is 10.4. The van der Waals surface area contributed by atoms with Gasteiger partial charge in [0.25, 0.3) is 0 Å². The topological polar surface area (TPSA) is 38.8 Å². The number of ether oxygens (including phenoxy) is 2. The molecule has 4 nitrogen and oxygen atoms in total. The van der Waals surface area contributed by atoms with Gasteiger partial charge in [0.1, 0.15) is 0 Å². The minimum absolute atomic E-state index is 0.222. The number of methoxy groups -OCH3 is 1. The van der Waals surface area contributed by atoms with Crippen LogP contribution in [0.15, 0.2) is 11.6 Å². The number of hydrogen-bond acceptors (Lipinski definition) is 4. The van der Waals surface area contributed by atoms with Crippen LogP contribution in [0.2, 0.25) is 0 Å². The zero-order valence-corrected chi connectivity index (χ0v) is 11.8. The van der Waals surface area contributed by atoms with Gasteiger partial charge in [0.2, 0.25) is 0 Å². The van der Waals surface area contributed by atoms with Crippen LogP contribution in [0.5, 0.6) is 0 Å². The second-order valence-corrected chi connectivity index (χ2v) is 4.78. The number of esters is 1. The quantitative estimate of drug-likeness (QED) is 0.537. The summed E-state index contributed by atoms with van der Waals surface area (Å²) >= 11 is 0. The molecule has 1 heterocycles. The third-order valence-electron chi connectivity index (χ3n) is 3.27. The van der Waals surface area contributed by atoms with Crippen LogP contribution in [-0.2, 0) is 14.3 Å². The van der Waals surface area contributed by atoms with Crippen LogP contribution in [-0.4, -0.2) is 50.8 Å². The predicted octanol–water partition coefficient (Wildman–Crippen LogP) is 2.00. The first-order valence-corrected chi connectivity index (χ1v) is 6.74. The molecule has 0 aromatic carbocycles. The lowest BCUT2D eigenvalue weighted by Crippen LogP contribution is -2.33. The average Bonchev–Trinajstić information content (AvgIpc) is 2.40. The number of nitrogens with zero attached hydrogens (tertiary/aromatic N) is 1. The number of likely N-dealkylation sites (N-methyl/N-ethyl adjacent to an activating group) is 1. The lowest BCUT2D eigenvalue weighted by atomic mass is 10.1. The molecule has 0 aromatic rings. The highest BCUT2D eigenvalue weighted by atomic mass is 16.5. The first-order chi connectivity index (χ1) is 8.67. The molecule has 1 aliphatic rings. The summed E-state index contributed by atoms with van der Waals surface area (Å²) in [7, 11) is 3.48. The summed E-state index contributed by atoms with van der Waals surface area (Å²) in [5.74, 6) is -0.222. The van der Waals surface area contributed by atoms with E-state index in [1.165, 1.54) is 20.0 Å². The van der Waals surface area contributed by atoms with Crippen LogP contribution < -0.4 is 0 Å². The highest BCUT2D eigenvalue weighted by Crippen LogP contribution is 2.13. The summed E-state index contributed by atoms with van der Waals surface area (Å²) in [6, 6.07) is 0. The summed E-state index contributed by atoms with van der Waals surface area (Å²) in [5, 5.41) is 0. The normalized spacial score (nSPS) is 21.1. The molecule has 18 heavy (non-hydrogen) atoms. The molecule has 1 atom stereocenters. The summed E-state index contributed by atoms with van der Waals surface area (Å²) in [4.78, 5) is 13.6. The van der Waals surface area contributed by atoms with Gasteiger partial charge in [0.05, 0.1) is 13.2 Å². The van der Waals surface area contributed by atoms with Gasteiger partial charge in [-0.25, -0.2) is 4.79 Å². The van der Waals surface area contributed by atoms with Gasteiger partial charge in [0.15, 0.2) is 0 Å². The molecule has 1 saturated heterocycles. The number of carbonyl (C=O) groups is 1. The highest BCUT2D eigenvalue weighted by Gasteiger charge is 2.15. The van der Waals surface area contributed by atoms with E-state index < -0.39 is 0 Å². The Labute approximate surface area is 110 Å². The van der Waals surface area contributed by atoms with Crippen molar-refractivity contribution in [2.24, 2.45) is 0 Å². The van der Waals surface area contributed by atoms with E-state index >= 15 is 0 Å². The van der Waals surface area contributed by atoms with Gasteiger partial charge in [-0.2, -0.15) is 0 Å². The van der Waals surface area contributed by atoms with E-state index in [4.69, 9.17) is 9.47 Å². The van der Waals surface area contributed by atoms with Crippen LogP contribution >= 0.6 is 0 Å². The van der Waals surface area contributed by atoms with Gasteiger partial charge in [-0.3, -0.25) is 0 Å². The van der Waals surface area contributed by atoms with Crippen molar-refractivity contribution in [3.8, 4) is 0 Å². The molecule has 4 heteroatoms. The van der Waals surface area contributed by atoms with Gasteiger partial charge in [-0.15, -0.1) is 0 Å². The van der Waals surface area contributed by atoms with Gasteiger partial charge < -0.3 is 14.4 Å². The highest BCUT2D eigenvalue weighted by molar-refractivity contribution is 5.88. The Bertz CT molecular complexity index is 283. The van der Waals surface area contributed by atoms with Crippen molar-refractivity contribution in [2.45, 2.75) is 38.7 Å². The van der Waals surface area contributed by atoms with E-state index in [-0.39, 0.29) is 5.97 Å². The second-order valence-electron chi connectivity index (χ2n) is 4.78. The standard InChI is InChI=1S/C14H25NO3/c1-4-12(14(16)17-3)8-9-15(2)11-13-7-5-6-10-18-13/h8,13H,4-7,9-11H2,1-3H3. The zero-order chi connectivity index (χ0) is 13.4. The monoisotopic (exact) mass is 255 g/mol. The van der Waals surface area contributed by atoms with Gasteiger partial charge >= 0.3 is 5.97 Å². The summed E-state index contributed by atoms with van der Waals surface area (Å²) in [6.07, 6.45) is 6.60. The molecule has 0 spiro atoms. The number of hydrogen-bond donors (Lipinski definition) is 0. The fraction of sp³-hybridized carbons (Fsp3) is 0.786. The molecule has 0 aromatic heterocycles. The van der Waals surface area contributed by atoms with E-state index in [9.17, 15) is 4.79 Å². The molecule has 1 aliphatic heterocycles. The van der Waals surface area contributed by atoms with Crippen molar-refractivity contribution in [3.05, 3.63) is 11.6 Å². The maximum absolute atomic E-state index is 11.4. The first kappa shape index (κ1) is 15.2. The molecule has 1 rings (SSSR count). The minimum atomic E-state index is -0.222. The maximum atomic E-state index is 11.4. The Morgan fingerprint density at radius 2 is 2.28 bits per heavy atom. The Morgan fingerprint density at radius 1 is 1.50 bits per heavy atom. The first-order valence-electron chi connectivity index (χ1n) is 6.74. The van der Waals surface area contributed by atoms with Gasteiger partial charge in [-0.05, 0) is 32.7 Å². The van der Waals surface area contributed by atoms with Crippen LogP contribution in [0.4, 0.5) is 0 Å². The molecular formula is C14H25NO3. The van der Waals surface area contributed by atoms with E-state index in [2.05, 4.69) is 11.9 Å². The van der Waals surface area contributed by atoms with Crippen LogP contribution in [0.1, 0.15) is 32.6 Å². The Balaban J connectivity index is 2.36. The van der Waals surface area contributed by atoms with Crippen LogP contribution in [0.25, 0.3) is 0 Å². The largest absolute Gasteiger partial charge is 0.466 e. The van der Waals surface area contributed by atoms with Crippen molar-refractivity contribution >= 4 is 5.97 Å². The summed E-state index contributed by atoms with van der Waals surface area (Å²) in [5.41, 5.74) is 0.744. The smallest absolute Gasteiger partial charge is 0.333 e. The molecule has 0 radical (unpaired) electrons. The molecule has 0 N–H and O–H groups in total. The molecule has 1 unspecified atom stereocenters. The van der Waals surface area contributed by atoms with Crippen LogP contribution in [0, 0.1) is 0 Å². The summed E-state index contributed by atoms with van der Waals surface area (Å²) in [6.45, 7) is 4.54. The van der Waals surface area contributed by atoms with Crippen molar-refractivity contribution in [2.75, 3.05) is 33.9 Å². The van der Waals surface area contributed by atoms with E-state index in [1.54, 1.807) is 0 Å². The molecule has 104 valence electrons. The van der Waals surface area contributed by atoms with Gasteiger partial charge in [0, 0.05) is 25.3 Å². The van der Waals surface area contributed by atoms with Crippen molar-refractivity contribution < 1.29 is 14.3 Å². The van der Waals surface area contributed by atoms with Crippen molar-refractivity contribution in [1.29, 1.82) is 0 Å². The fourth-order valence-corrected chi connectivity index (χ4v) is 2.14. The molecule has 0 bridgehead atoms. The van der Waals surface area contributed by atoms with Crippen molar-refractivity contribution in [1.82, 2.24) is 4.90 Å².